The summed E-state index contributed by atoms with van der Waals surface area (Å²) in [7, 11) is -3.66. The van der Waals surface area contributed by atoms with Crippen LogP contribution in [0.3, 0.4) is 0 Å². The number of sulfonamides is 1. The smallest absolute Gasteiger partial charge is 0.243 e. The van der Waals surface area contributed by atoms with E-state index in [4.69, 9.17) is 4.74 Å². The van der Waals surface area contributed by atoms with Crippen molar-refractivity contribution < 1.29 is 22.7 Å². The number of carbonyl (C=O) groups excluding carboxylic acids is 2. The molecule has 0 spiro atoms. The normalized spacial score (nSPS) is 15.1. The quantitative estimate of drug-likeness (QED) is 0.624. The van der Waals surface area contributed by atoms with Gasteiger partial charge in [-0.3, -0.25) is 9.59 Å². The summed E-state index contributed by atoms with van der Waals surface area (Å²) >= 11 is 1.56. The molecule has 0 unspecified atom stereocenters. The first-order chi connectivity index (χ1) is 14.3. The molecule has 2 aromatic rings. The summed E-state index contributed by atoms with van der Waals surface area (Å²) in [5, 5.41) is 2.74. The molecule has 0 atom stereocenters. The van der Waals surface area contributed by atoms with E-state index in [2.05, 4.69) is 5.32 Å². The van der Waals surface area contributed by atoms with Crippen molar-refractivity contribution in [1.82, 2.24) is 9.62 Å². The maximum absolute atomic E-state index is 13.0. The fraction of sp³-hybridized carbons (Fsp3) is 0.429. The van der Waals surface area contributed by atoms with Crippen molar-refractivity contribution in [2.24, 2.45) is 0 Å². The van der Waals surface area contributed by atoms with Gasteiger partial charge in [-0.05, 0) is 31.5 Å². The van der Waals surface area contributed by atoms with E-state index >= 15 is 0 Å². The van der Waals surface area contributed by atoms with Crippen LogP contribution in [0.4, 0.5) is 0 Å². The highest BCUT2D eigenvalue weighted by atomic mass is 32.2. The number of carbonyl (C=O) groups is 2. The number of hydrogen-bond donors (Lipinski definition) is 1. The first-order valence-corrected chi connectivity index (χ1v) is 12.1. The van der Waals surface area contributed by atoms with Crippen LogP contribution in [-0.4, -0.2) is 50.7 Å². The second-order valence-corrected chi connectivity index (χ2v) is 10.5. The molecule has 1 amide bonds. The minimum atomic E-state index is -3.66. The van der Waals surface area contributed by atoms with E-state index in [0.29, 0.717) is 37.4 Å². The van der Waals surface area contributed by atoms with Gasteiger partial charge in [0.1, 0.15) is 0 Å². The second kappa shape index (κ2) is 9.82. The number of morpholine rings is 1. The van der Waals surface area contributed by atoms with Gasteiger partial charge in [-0.1, -0.05) is 18.2 Å². The molecule has 3 rings (SSSR count). The van der Waals surface area contributed by atoms with Gasteiger partial charge in [-0.2, -0.15) is 4.31 Å². The van der Waals surface area contributed by atoms with Gasteiger partial charge in [0.05, 0.1) is 18.1 Å². The number of nitrogens with one attached hydrogen (secondary N) is 1. The van der Waals surface area contributed by atoms with Crippen LogP contribution in [0.2, 0.25) is 0 Å². The third-order valence-corrected chi connectivity index (χ3v) is 7.92. The zero-order valence-corrected chi connectivity index (χ0v) is 18.8. The molecular weight excluding hydrogens is 424 g/mol. The molecule has 1 fully saturated rings. The number of thiophene rings is 1. The van der Waals surface area contributed by atoms with Gasteiger partial charge in [0, 0.05) is 47.8 Å². The van der Waals surface area contributed by atoms with E-state index in [1.165, 1.54) is 4.31 Å². The molecule has 7 nitrogen and oxygen atoms in total. The Hall–Kier alpha value is -2.07. The first kappa shape index (κ1) is 22.6. The minimum absolute atomic E-state index is 0.0534. The lowest BCUT2D eigenvalue weighted by Gasteiger charge is -2.27. The average Bonchev–Trinajstić information content (AvgIpc) is 3.09. The summed E-state index contributed by atoms with van der Waals surface area (Å²) < 4.78 is 32.6. The van der Waals surface area contributed by atoms with Gasteiger partial charge in [0.2, 0.25) is 15.9 Å². The Labute approximate surface area is 181 Å². The van der Waals surface area contributed by atoms with Gasteiger partial charge in [0.25, 0.3) is 0 Å². The topological polar surface area (TPSA) is 92.8 Å². The molecule has 1 aromatic carbocycles. The summed E-state index contributed by atoms with van der Waals surface area (Å²) in [5.41, 5.74) is 1.19. The number of aryl methyl sites for hydroxylation is 2. The van der Waals surface area contributed by atoms with Crippen LogP contribution < -0.4 is 5.32 Å². The fourth-order valence-electron chi connectivity index (χ4n) is 3.38. The average molecular weight is 451 g/mol. The Kier molecular flexibility index (Phi) is 7.41. The Morgan fingerprint density at radius 2 is 1.83 bits per heavy atom. The van der Waals surface area contributed by atoms with Gasteiger partial charge in [-0.25, -0.2) is 8.42 Å². The van der Waals surface area contributed by atoms with Crippen molar-refractivity contribution in [2.75, 3.05) is 26.3 Å². The number of ether oxygens (including phenoxy) is 1. The highest BCUT2D eigenvalue weighted by Crippen LogP contribution is 2.23. The Balaban J connectivity index is 1.60. The maximum Gasteiger partial charge on any atom is 0.243 e. The number of ketones is 1. The Morgan fingerprint density at radius 1 is 1.13 bits per heavy atom. The zero-order chi connectivity index (χ0) is 21.7. The first-order valence-electron chi connectivity index (χ1n) is 9.82. The van der Waals surface area contributed by atoms with Crippen molar-refractivity contribution in [3.63, 3.8) is 0 Å². The highest BCUT2D eigenvalue weighted by Gasteiger charge is 2.28. The molecule has 1 aliphatic rings. The zero-order valence-electron chi connectivity index (χ0n) is 17.1. The molecular formula is C21H26N2O5S2. The van der Waals surface area contributed by atoms with E-state index < -0.39 is 10.0 Å². The summed E-state index contributed by atoms with van der Waals surface area (Å²) in [4.78, 5) is 26.8. The van der Waals surface area contributed by atoms with E-state index in [1.54, 1.807) is 35.6 Å². The van der Waals surface area contributed by atoms with Crippen molar-refractivity contribution in [2.45, 2.75) is 38.1 Å². The summed E-state index contributed by atoms with van der Waals surface area (Å²) in [6, 6.07) is 8.51. The summed E-state index contributed by atoms with van der Waals surface area (Å²) in [5.74, 6) is -0.339. The lowest BCUT2D eigenvalue weighted by molar-refractivity contribution is -0.121. The fourth-order valence-corrected chi connectivity index (χ4v) is 5.95. The molecule has 1 aromatic heterocycles. The van der Waals surface area contributed by atoms with Gasteiger partial charge in [0.15, 0.2) is 5.78 Å². The Bertz CT molecular complexity index is 1020. The second-order valence-electron chi connectivity index (χ2n) is 7.15. The van der Waals surface area contributed by atoms with E-state index in [1.807, 2.05) is 19.9 Å². The molecule has 9 heteroatoms. The molecule has 162 valence electrons. The van der Waals surface area contributed by atoms with Crippen LogP contribution in [0.5, 0.6) is 0 Å². The number of hydrogen-bond acceptors (Lipinski definition) is 6. The summed E-state index contributed by atoms with van der Waals surface area (Å²) in [6.07, 6.45) is 0.183. The molecule has 0 radical (unpaired) electrons. The molecule has 0 saturated carbocycles. The van der Waals surface area contributed by atoms with Crippen molar-refractivity contribution in [3.05, 3.63) is 51.2 Å². The van der Waals surface area contributed by atoms with Crippen LogP contribution in [0.25, 0.3) is 0 Å². The third-order valence-electron chi connectivity index (χ3n) is 4.96. The largest absolute Gasteiger partial charge is 0.379 e. The van der Waals surface area contributed by atoms with Crippen LogP contribution in [0.15, 0.2) is 35.2 Å². The summed E-state index contributed by atoms with van der Waals surface area (Å²) in [6.45, 7) is 5.30. The van der Waals surface area contributed by atoms with Gasteiger partial charge < -0.3 is 10.1 Å². The van der Waals surface area contributed by atoms with Crippen molar-refractivity contribution in [1.29, 1.82) is 0 Å². The monoisotopic (exact) mass is 450 g/mol. The third kappa shape index (κ3) is 5.34. The molecule has 0 bridgehead atoms. The standard InChI is InChI=1S/C21H26N2O5S2/c1-15-13-18(16(2)29-15)19(24)7-8-21(25)22-14-17-5-3-4-6-20(17)30(26,27)23-9-11-28-12-10-23/h3-6,13H,7-12,14H2,1-2H3,(H,22,25). The number of amides is 1. The highest BCUT2D eigenvalue weighted by molar-refractivity contribution is 7.89. The number of Topliss-reactive ketones (excluding diaryl/α,β-unsaturated/α-hetero) is 1. The van der Waals surface area contributed by atoms with Crippen LogP contribution in [0.1, 0.15) is 38.5 Å². The molecule has 2 heterocycles. The van der Waals surface area contributed by atoms with Crippen molar-refractivity contribution in [3.8, 4) is 0 Å². The lowest BCUT2D eigenvalue weighted by Crippen LogP contribution is -2.41. The molecule has 30 heavy (non-hydrogen) atoms. The van der Waals surface area contributed by atoms with E-state index in [-0.39, 0.29) is 36.0 Å². The number of nitrogens with zero attached hydrogens (tertiary/aromatic N) is 1. The number of benzene rings is 1. The van der Waals surface area contributed by atoms with Crippen LogP contribution >= 0.6 is 11.3 Å². The molecule has 1 saturated heterocycles. The van der Waals surface area contributed by atoms with Crippen LogP contribution in [-0.2, 0) is 26.1 Å². The molecule has 0 aliphatic carbocycles. The van der Waals surface area contributed by atoms with E-state index in [0.717, 1.165) is 9.75 Å². The van der Waals surface area contributed by atoms with Gasteiger partial charge >= 0.3 is 0 Å². The predicted molar refractivity (Wildman–Crippen MR) is 115 cm³/mol. The predicted octanol–water partition coefficient (Wildman–Crippen LogP) is 2.67. The van der Waals surface area contributed by atoms with Gasteiger partial charge in [-0.15, -0.1) is 11.3 Å². The van der Waals surface area contributed by atoms with E-state index in [9.17, 15) is 18.0 Å². The lowest BCUT2D eigenvalue weighted by atomic mass is 10.1. The van der Waals surface area contributed by atoms with Crippen molar-refractivity contribution >= 4 is 33.1 Å². The number of rotatable bonds is 8. The Morgan fingerprint density at radius 3 is 2.50 bits per heavy atom. The molecule has 1 aliphatic heterocycles. The minimum Gasteiger partial charge on any atom is -0.379 e. The maximum atomic E-state index is 13.0. The molecule has 1 N–H and O–H groups in total. The van der Waals surface area contributed by atoms with Crippen LogP contribution in [0, 0.1) is 13.8 Å². The SMILES string of the molecule is Cc1cc(C(=O)CCC(=O)NCc2ccccc2S(=O)(=O)N2CCOCC2)c(C)s1.